The molecule has 6 heteroatoms. The van der Waals surface area contributed by atoms with E-state index < -0.39 is 0 Å². The Balaban J connectivity index is 1.73. The number of thiophene rings is 1. The molecule has 0 fully saturated rings. The highest BCUT2D eigenvalue weighted by Crippen LogP contribution is 2.24. The molecule has 3 N–H and O–H groups in total. The number of pyridine rings is 1. The van der Waals surface area contributed by atoms with E-state index in [0.717, 1.165) is 31.6 Å². The van der Waals surface area contributed by atoms with Gasteiger partial charge < -0.3 is 10.9 Å². The summed E-state index contributed by atoms with van der Waals surface area (Å²) in [5, 5.41) is 13.9. The number of nitrogens with zero attached hydrogens (tertiary/aromatic N) is 3. The van der Waals surface area contributed by atoms with Gasteiger partial charge in [0.15, 0.2) is 5.84 Å². The summed E-state index contributed by atoms with van der Waals surface area (Å²) in [6.45, 7) is 2.90. The van der Waals surface area contributed by atoms with Gasteiger partial charge in [0.25, 0.3) is 0 Å². The van der Waals surface area contributed by atoms with Crippen LogP contribution in [0.3, 0.4) is 0 Å². The lowest BCUT2D eigenvalue weighted by molar-refractivity contribution is 0.247. The second kappa shape index (κ2) is 5.60. The van der Waals surface area contributed by atoms with Crippen LogP contribution in [0.5, 0.6) is 0 Å². The Bertz CT molecular complexity index is 638. The molecule has 3 heterocycles. The topological polar surface area (TPSA) is 74.7 Å². The van der Waals surface area contributed by atoms with E-state index in [0.29, 0.717) is 5.69 Å². The molecule has 0 unspecified atom stereocenters. The maximum Gasteiger partial charge on any atom is 0.188 e. The predicted octanol–water partition coefficient (Wildman–Crippen LogP) is 1.80. The number of rotatable bonds is 3. The zero-order chi connectivity index (χ0) is 13.9. The number of hydrogen-bond donors (Lipinski definition) is 2. The van der Waals surface area contributed by atoms with Crippen LogP contribution in [0.25, 0.3) is 0 Å². The highest BCUT2D eigenvalue weighted by Gasteiger charge is 2.17. The molecule has 0 spiro atoms. The fourth-order valence-electron chi connectivity index (χ4n) is 2.46. The molecule has 0 saturated carbocycles. The summed E-state index contributed by atoms with van der Waals surface area (Å²) in [7, 11) is 0. The lowest BCUT2D eigenvalue weighted by Crippen LogP contribution is -2.29. The summed E-state index contributed by atoms with van der Waals surface area (Å²) < 4.78 is 0. The SMILES string of the molecule is NC(=NO)c1cc(CN2CCc3sccc3C2)ccn1. The molecular weight excluding hydrogens is 272 g/mol. The molecule has 0 aliphatic carbocycles. The molecule has 5 nitrogen and oxygen atoms in total. The minimum atomic E-state index is 0.0469. The van der Waals surface area contributed by atoms with Gasteiger partial charge in [-0.2, -0.15) is 0 Å². The van der Waals surface area contributed by atoms with Crippen molar-refractivity contribution >= 4 is 17.2 Å². The lowest BCUT2D eigenvalue weighted by atomic mass is 10.1. The maximum absolute atomic E-state index is 8.70. The average molecular weight is 288 g/mol. The summed E-state index contributed by atoms with van der Waals surface area (Å²) in [4.78, 5) is 8.01. The van der Waals surface area contributed by atoms with Crippen molar-refractivity contribution in [2.45, 2.75) is 19.5 Å². The maximum atomic E-state index is 8.70. The van der Waals surface area contributed by atoms with Gasteiger partial charge in [-0.25, -0.2) is 0 Å². The Hall–Kier alpha value is -1.92. The largest absolute Gasteiger partial charge is 0.409 e. The van der Waals surface area contributed by atoms with Gasteiger partial charge in [0, 0.05) is 30.7 Å². The standard InChI is InChI=1S/C14H16N4OS/c15-14(17-19)12-7-10(1-4-16-12)8-18-5-2-13-11(9-18)3-6-20-13/h1,3-4,6-7,19H,2,5,8-9H2,(H2,15,17). The van der Waals surface area contributed by atoms with Crippen molar-refractivity contribution in [2.75, 3.05) is 6.54 Å². The molecule has 1 aliphatic heterocycles. The van der Waals surface area contributed by atoms with Gasteiger partial charge in [0.05, 0.1) is 0 Å². The first-order valence-electron chi connectivity index (χ1n) is 6.46. The molecule has 0 bridgehead atoms. The number of amidine groups is 1. The molecule has 20 heavy (non-hydrogen) atoms. The van der Waals surface area contributed by atoms with Gasteiger partial charge in [-0.1, -0.05) is 5.16 Å². The Kier molecular flexibility index (Phi) is 3.66. The van der Waals surface area contributed by atoms with Crippen LogP contribution >= 0.6 is 11.3 Å². The zero-order valence-electron chi connectivity index (χ0n) is 11.0. The van der Waals surface area contributed by atoms with Crippen LogP contribution in [0.1, 0.15) is 21.7 Å². The number of fused-ring (bicyclic) bond motifs is 1. The molecule has 0 saturated heterocycles. The lowest BCUT2D eigenvalue weighted by Gasteiger charge is -2.26. The van der Waals surface area contributed by atoms with Gasteiger partial charge >= 0.3 is 0 Å². The normalized spacial score (nSPS) is 16.1. The van der Waals surface area contributed by atoms with Gasteiger partial charge in [-0.05, 0) is 41.1 Å². The summed E-state index contributed by atoms with van der Waals surface area (Å²) in [5.41, 5.74) is 8.65. The molecule has 1 aliphatic rings. The molecule has 0 atom stereocenters. The average Bonchev–Trinajstić information content (AvgIpc) is 2.94. The minimum Gasteiger partial charge on any atom is -0.409 e. The van der Waals surface area contributed by atoms with E-state index in [1.54, 1.807) is 6.20 Å². The molecule has 104 valence electrons. The molecule has 3 rings (SSSR count). The number of oxime groups is 1. The number of aromatic nitrogens is 1. The molecule has 0 amide bonds. The van der Waals surface area contributed by atoms with E-state index in [1.165, 1.54) is 10.4 Å². The van der Waals surface area contributed by atoms with Crippen molar-refractivity contribution in [3.05, 3.63) is 51.5 Å². The first-order chi connectivity index (χ1) is 9.76. The van der Waals surface area contributed by atoms with Gasteiger partial charge in [0.2, 0.25) is 0 Å². The van der Waals surface area contributed by atoms with E-state index in [1.807, 2.05) is 23.5 Å². The van der Waals surface area contributed by atoms with E-state index in [4.69, 9.17) is 10.9 Å². The van der Waals surface area contributed by atoms with Crippen molar-refractivity contribution < 1.29 is 5.21 Å². The Morgan fingerprint density at radius 3 is 3.25 bits per heavy atom. The van der Waals surface area contributed by atoms with Crippen LogP contribution in [-0.4, -0.2) is 27.5 Å². The number of hydrogen-bond acceptors (Lipinski definition) is 5. The summed E-state index contributed by atoms with van der Waals surface area (Å²) in [5.74, 6) is 0.0469. The van der Waals surface area contributed by atoms with Gasteiger partial charge in [0.1, 0.15) is 5.69 Å². The fourth-order valence-corrected chi connectivity index (χ4v) is 3.35. The summed E-state index contributed by atoms with van der Waals surface area (Å²) in [6.07, 6.45) is 2.81. The van der Waals surface area contributed by atoms with Crippen LogP contribution < -0.4 is 5.73 Å². The fraction of sp³-hybridized carbons (Fsp3) is 0.286. The summed E-state index contributed by atoms with van der Waals surface area (Å²) >= 11 is 1.85. The second-order valence-electron chi connectivity index (χ2n) is 4.86. The van der Waals surface area contributed by atoms with Crippen LogP contribution in [0.2, 0.25) is 0 Å². The first-order valence-corrected chi connectivity index (χ1v) is 7.34. The third kappa shape index (κ3) is 2.66. The van der Waals surface area contributed by atoms with Crippen LogP contribution in [0, 0.1) is 0 Å². The third-order valence-electron chi connectivity index (χ3n) is 3.49. The highest BCUT2D eigenvalue weighted by atomic mass is 32.1. The smallest absolute Gasteiger partial charge is 0.188 e. The van der Waals surface area contributed by atoms with Crippen molar-refractivity contribution in [3.63, 3.8) is 0 Å². The van der Waals surface area contributed by atoms with E-state index in [-0.39, 0.29) is 5.84 Å². The Morgan fingerprint density at radius 2 is 2.40 bits per heavy atom. The van der Waals surface area contributed by atoms with E-state index in [2.05, 4.69) is 26.5 Å². The molecular formula is C14H16N4OS. The van der Waals surface area contributed by atoms with Crippen molar-refractivity contribution in [2.24, 2.45) is 10.9 Å². The first kappa shape index (κ1) is 13.1. The molecule has 0 aromatic carbocycles. The third-order valence-corrected chi connectivity index (χ3v) is 4.51. The molecule has 2 aromatic rings. The zero-order valence-corrected chi connectivity index (χ0v) is 11.8. The highest BCUT2D eigenvalue weighted by molar-refractivity contribution is 7.10. The van der Waals surface area contributed by atoms with Gasteiger partial charge in [-0.3, -0.25) is 9.88 Å². The van der Waals surface area contributed by atoms with Gasteiger partial charge in [-0.15, -0.1) is 11.3 Å². The quantitative estimate of drug-likeness (QED) is 0.391. The predicted molar refractivity (Wildman–Crippen MR) is 78.9 cm³/mol. The Labute approximate surface area is 121 Å². The van der Waals surface area contributed by atoms with Crippen molar-refractivity contribution in [3.8, 4) is 0 Å². The van der Waals surface area contributed by atoms with Crippen LogP contribution in [-0.2, 0) is 19.5 Å². The van der Waals surface area contributed by atoms with Crippen LogP contribution in [0.15, 0.2) is 34.9 Å². The minimum absolute atomic E-state index is 0.0469. The van der Waals surface area contributed by atoms with Crippen molar-refractivity contribution in [1.82, 2.24) is 9.88 Å². The monoisotopic (exact) mass is 288 g/mol. The molecule has 0 radical (unpaired) electrons. The van der Waals surface area contributed by atoms with E-state index >= 15 is 0 Å². The molecule has 2 aromatic heterocycles. The summed E-state index contributed by atoms with van der Waals surface area (Å²) in [6, 6.07) is 6.05. The van der Waals surface area contributed by atoms with Crippen molar-refractivity contribution in [1.29, 1.82) is 0 Å². The van der Waals surface area contributed by atoms with Crippen LogP contribution in [0.4, 0.5) is 0 Å². The van der Waals surface area contributed by atoms with E-state index in [9.17, 15) is 0 Å². The number of nitrogens with two attached hydrogens (primary N) is 1. The second-order valence-corrected chi connectivity index (χ2v) is 5.86. The Morgan fingerprint density at radius 1 is 1.50 bits per heavy atom.